The van der Waals surface area contributed by atoms with Gasteiger partial charge in [-0.25, -0.2) is 8.42 Å². The maximum Gasteiger partial charge on any atom is 0.276 e. The van der Waals surface area contributed by atoms with Crippen LogP contribution in [0.4, 0.5) is 0 Å². The van der Waals surface area contributed by atoms with Gasteiger partial charge in [0.05, 0.1) is 0 Å². The summed E-state index contributed by atoms with van der Waals surface area (Å²) in [5.74, 6) is 0.0257. The number of likely N-dealkylation sites (N-methyl/N-ethyl adjacent to an activating group) is 1. The van der Waals surface area contributed by atoms with E-state index >= 15 is 0 Å². The molecule has 6 nitrogen and oxygen atoms in total. The Kier molecular flexibility index (Phi) is 3.32. The summed E-state index contributed by atoms with van der Waals surface area (Å²) in [4.78, 5) is 12.5. The number of carbonyl (C=O) groups is 1. The van der Waals surface area contributed by atoms with E-state index in [2.05, 4.69) is 4.90 Å². The minimum Gasteiger partial charge on any atom is -0.440 e. The molecule has 0 radical (unpaired) electrons. The smallest absolute Gasteiger partial charge is 0.276 e. The molecular formula is C10H14N2O4S. The number of piperazine rings is 1. The van der Waals surface area contributed by atoms with Crippen LogP contribution in [0.5, 0.6) is 0 Å². The average Bonchev–Trinajstić information content (AvgIpc) is 2.78. The Bertz CT molecular complexity index is 500. The largest absolute Gasteiger partial charge is 0.440 e. The Balaban J connectivity index is 2.21. The number of aldehydes is 1. The second kappa shape index (κ2) is 4.59. The first-order valence-electron chi connectivity index (χ1n) is 5.28. The van der Waals surface area contributed by atoms with Crippen LogP contribution in [0.3, 0.4) is 0 Å². The molecule has 0 amide bonds. The SMILES string of the molecule is CN1CCN(S(=O)(=O)c2ccc(C=O)o2)CC1. The van der Waals surface area contributed by atoms with E-state index in [1.54, 1.807) is 0 Å². The second-order valence-corrected chi connectivity index (χ2v) is 5.85. The normalized spacial score (nSPS) is 19.4. The van der Waals surface area contributed by atoms with Crippen LogP contribution in [-0.2, 0) is 10.0 Å². The molecule has 17 heavy (non-hydrogen) atoms. The summed E-state index contributed by atoms with van der Waals surface area (Å²) in [6, 6.07) is 2.67. The van der Waals surface area contributed by atoms with Gasteiger partial charge in [0.25, 0.3) is 10.0 Å². The first kappa shape index (κ1) is 12.3. The summed E-state index contributed by atoms with van der Waals surface area (Å²) in [6.45, 7) is 2.27. The molecule has 94 valence electrons. The third-order valence-electron chi connectivity index (χ3n) is 2.77. The zero-order valence-electron chi connectivity index (χ0n) is 9.50. The predicted molar refractivity (Wildman–Crippen MR) is 60.4 cm³/mol. The predicted octanol–water partition coefficient (Wildman–Crippen LogP) is 0.0282. The van der Waals surface area contributed by atoms with E-state index in [0.717, 1.165) is 0 Å². The van der Waals surface area contributed by atoms with E-state index in [1.165, 1.54) is 16.4 Å². The Morgan fingerprint density at radius 3 is 2.41 bits per heavy atom. The lowest BCUT2D eigenvalue weighted by Crippen LogP contribution is -2.46. The van der Waals surface area contributed by atoms with E-state index in [-0.39, 0.29) is 10.9 Å². The van der Waals surface area contributed by atoms with Gasteiger partial charge in [-0.3, -0.25) is 4.79 Å². The van der Waals surface area contributed by atoms with Crippen molar-refractivity contribution in [3.05, 3.63) is 17.9 Å². The van der Waals surface area contributed by atoms with Crippen molar-refractivity contribution in [1.29, 1.82) is 0 Å². The molecule has 0 spiro atoms. The van der Waals surface area contributed by atoms with E-state index in [1.807, 2.05) is 7.05 Å². The number of hydrogen-bond acceptors (Lipinski definition) is 5. The Morgan fingerprint density at radius 2 is 1.88 bits per heavy atom. The molecule has 0 bridgehead atoms. The van der Waals surface area contributed by atoms with Gasteiger partial charge < -0.3 is 9.32 Å². The van der Waals surface area contributed by atoms with Crippen molar-refractivity contribution in [2.75, 3.05) is 33.2 Å². The summed E-state index contributed by atoms with van der Waals surface area (Å²) in [7, 11) is -1.65. The average molecular weight is 258 g/mol. The van der Waals surface area contributed by atoms with Crippen LogP contribution in [0.1, 0.15) is 10.6 Å². The fraction of sp³-hybridized carbons (Fsp3) is 0.500. The monoisotopic (exact) mass is 258 g/mol. The minimum absolute atomic E-state index is 0.0257. The van der Waals surface area contributed by atoms with Crippen LogP contribution in [0.2, 0.25) is 0 Å². The fourth-order valence-corrected chi connectivity index (χ4v) is 3.03. The Labute approximate surface area is 99.9 Å². The highest BCUT2D eigenvalue weighted by Crippen LogP contribution is 2.19. The van der Waals surface area contributed by atoms with Gasteiger partial charge in [-0.15, -0.1) is 0 Å². The molecule has 1 fully saturated rings. The first-order chi connectivity index (χ1) is 8.04. The Morgan fingerprint density at radius 1 is 1.24 bits per heavy atom. The Hall–Kier alpha value is -1.18. The number of furan rings is 1. The van der Waals surface area contributed by atoms with Crippen molar-refractivity contribution in [3.63, 3.8) is 0 Å². The number of nitrogens with zero attached hydrogens (tertiary/aromatic N) is 2. The van der Waals surface area contributed by atoms with E-state index in [9.17, 15) is 13.2 Å². The summed E-state index contributed by atoms with van der Waals surface area (Å²) < 4.78 is 30.6. The van der Waals surface area contributed by atoms with Crippen molar-refractivity contribution in [3.8, 4) is 0 Å². The number of rotatable bonds is 3. The van der Waals surface area contributed by atoms with Gasteiger partial charge in [-0.2, -0.15) is 4.31 Å². The summed E-state index contributed by atoms with van der Waals surface area (Å²) in [5.41, 5.74) is 0. The first-order valence-corrected chi connectivity index (χ1v) is 6.72. The molecule has 0 unspecified atom stereocenters. The summed E-state index contributed by atoms with van der Waals surface area (Å²) >= 11 is 0. The van der Waals surface area contributed by atoms with Crippen molar-refractivity contribution >= 4 is 16.3 Å². The second-order valence-electron chi connectivity index (χ2n) is 3.98. The highest BCUT2D eigenvalue weighted by atomic mass is 32.2. The third-order valence-corrected chi connectivity index (χ3v) is 4.55. The summed E-state index contributed by atoms with van der Waals surface area (Å²) in [5, 5.41) is -0.163. The van der Waals surface area contributed by atoms with E-state index in [0.29, 0.717) is 32.5 Å². The lowest BCUT2D eigenvalue weighted by molar-refractivity contribution is 0.109. The van der Waals surface area contributed by atoms with Gasteiger partial charge in [-0.05, 0) is 19.2 Å². The van der Waals surface area contributed by atoms with Crippen LogP contribution < -0.4 is 0 Å². The van der Waals surface area contributed by atoms with Crippen LogP contribution in [0, 0.1) is 0 Å². The molecule has 0 aliphatic carbocycles. The van der Waals surface area contributed by atoms with E-state index in [4.69, 9.17) is 4.42 Å². The van der Waals surface area contributed by atoms with Gasteiger partial charge in [-0.1, -0.05) is 0 Å². The molecule has 0 N–H and O–H groups in total. The molecule has 2 rings (SSSR count). The standard InChI is InChI=1S/C10H14N2O4S/c1-11-4-6-12(7-5-11)17(14,15)10-3-2-9(8-13)16-10/h2-3,8H,4-7H2,1H3. The topological polar surface area (TPSA) is 70.8 Å². The van der Waals surface area contributed by atoms with Crippen molar-refractivity contribution in [2.24, 2.45) is 0 Å². The van der Waals surface area contributed by atoms with Gasteiger partial charge in [0.2, 0.25) is 5.09 Å². The molecule has 0 saturated carbocycles. The molecule has 7 heteroatoms. The summed E-state index contributed by atoms with van der Waals surface area (Å²) in [6.07, 6.45) is 0.489. The third kappa shape index (κ3) is 2.41. The lowest BCUT2D eigenvalue weighted by Gasteiger charge is -2.30. The van der Waals surface area contributed by atoms with Crippen LogP contribution >= 0.6 is 0 Å². The number of carbonyl (C=O) groups excluding carboxylic acids is 1. The number of sulfonamides is 1. The van der Waals surface area contributed by atoms with E-state index < -0.39 is 10.0 Å². The quantitative estimate of drug-likeness (QED) is 0.715. The van der Waals surface area contributed by atoms with Crippen LogP contribution in [-0.4, -0.2) is 57.1 Å². The zero-order chi connectivity index (χ0) is 12.5. The molecule has 0 aromatic carbocycles. The molecule has 1 aliphatic heterocycles. The molecule has 1 aromatic heterocycles. The zero-order valence-corrected chi connectivity index (χ0v) is 10.3. The highest BCUT2D eigenvalue weighted by molar-refractivity contribution is 7.89. The van der Waals surface area contributed by atoms with Crippen molar-refractivity contribution < 1.29 is 17.6 Å². The van der Waals surface area contributed by atoms with Crippen molar-refractivity contribution in [2.45, 2.75) is 5.09 Å². The molecule has 2 heterocycles. The van der Waals surface area contributed by atoms with Crippen molar-refractivity contribution in [1.82, 2.24) is 9.21 Å². The van der Waals surface area contributed by atoms with Gasteiger partial charge >= 0.3 is 0 Å². The van der Waals surface area contributed by atoms with Gasteiger partial charge in [0.1, 0.15) is 0 Å². The molecule has 1 aliphatic rings. The molecule has 0 atom stereocenters. The minimum atomic E-state index is -3.59. The maximum absolute atomic E-state index is 12.1. The highest BCUT2D eigenvalue weighted by Gasteiger charge is 2.29. The van der Waals surface area contributed by atoms with Crippen LogP contribution in [0.25, 0.3) is 0 Å². The molecule has 1 aromatic rings. The fourth-order valence-electron chi connectivity index (χ4n) is 1.69. The molecule has 1 saturated heterocycles. The van der Waals surface area contributed by atoms with Gasteiger partial charge in [0, 0.05) is 26.2 Å². The maximum atomic E-state index is 12.1. The van der Waals surface area contributed by atoms with Crippen LogP contribution in [0.15, 0.2) is 21.6 Å². The lowest BCUT2D eigenvalue weighted by atomic mass is 10.4. The number of hydrogen-bond donors (Lipinski definition) is 0. The molecular weight excluding hydrogens is 244 g/mol. The van der Waals surface area contributed by atoms with Gasteiger partial charge in [0.15, 0.2) is 12.0 Å².